The van der Waals surface area contributed by atoms with Crippen LogP contribution in [0.1, 0.15) is 37.9 Å². The van der Waals surface area contributed by atoms with Gasteiger partial charge in [-0.1, -0.05) is 24.2 Å². The second kappa shape index (κ2) is 5.76. The highest BCUT2D eigenvalue weighted by Crippen LogP contribution is 2.44. The first-order valence-corrected chi connectivity index (χ1v) is 8.71. The van der Waals surface area contributed by atoms with E-state index in [1.165, 1.54) is 7.05 Å². The fourth-order valence-electron chi connectivity index (χ4n) is 3.87. The van der Waals surface area contributed by atoms with Gasteiger partial charge in [-0.15, -0.1) is 0 Å². The number of nitrogens with zero attached hydrogens (tertiary/aromatic N) is 2. The summed E-state index contributed by atoms with van der Waals surface area (Å²) in [6, 6.07) is -7.88. The number of hydrogen-bond acceptors (Lipinski definition) is 4. The van der Waals surface area contributed by atoms with E-state index in [0.717, 1.165) is 9.80 Å². The summed E-state index contributed by atoms with van der Waals surface area (Å²) in [6.45, 7) is -3.23. The zero-order chi connectivity index (χ0) is 29.4. The van der Waals surface area contributed by atoms with Gasteiger partial charge in [0.2, 0.25) is 18.6 Å². The standard InChI is InChI=1S/C22H19N3O4/c1-24-10-19(26)25-16(22(24)27)9-14-13-4-2-3-5-15(13)23-20(14)21(25)12-6-7-17-18(8-12)29-11-28-17/h2-8,16,21,23H,9-11H2,1H3/t16-,21?/m1/s1/i2D,3D,4D,5D,6D,7D,8D,9D2,11D2. The largest absolute Gasteiger partial charge is 0.454 e. The van der Waals surface area contributed by atoms with Gasteiger partial charge in [0.05, 0.1) is 22.2 Å². The molecule has 0 bridgehead atoms. The molecule has 146 valence electrons. The Balaban J connectivity index is 1.77. The number of aromatic amines is 1. The second-order valence-corrected chi connectivity index (χ2v) is 6.84. The quantitative estimate of drug-likeness (QED) is 0.680. The maximum Gasteiger partial charge on any atom is 0.245 e. The van der Waals surface area contributed by atoms with Crippen LogP contribution in [0.15, 0.2) is 42.3 Å². The number of nitrogens with one attached hydrogen (secondary N) is 1. The lowest BCUT2D eigenvalue weighted by atomic mass is 9.86. The summed E-state index contributed by atoms with van der Waals surface area (Å²) in [5.74, 6) is -2.62. The molecule has 0 saturated carbocycles. The number of carbonyl (C=O) groups excluding carboxylic acids is 2. The smallest absolute Gasteiger partial charge is 0.245 e. The summed E-state index contributed by atoms with van der Waals surface area (Å²) < 4.78 is 103. The number of fused-ring (bicyclic) bond motifs is 5. The molecule has 29 heavy (non-hydrogen) atoms. The number of amides is 2. The minimum atomic E-state index is -2.76. The van der Waals surface area contributed by atoms with Crippen molar-refractivity contribution in [1.29, 1.82) is 0 Å². The number of piperazine rings is 1. The molecule has 1 saturated heterocycles. The van der Waals surface area contributed by atoms with Gasteiger partial charge in [0.25, 0.3) is 0 Å². The number of ether oxygens (including phenoxy) is 2. The highest BCUT2D eigenvalue weighted by Gasteiger charge is 2.47. The zero-order valence-corrected chi connectivity index (χ0v) is 14.9. The Labute approximate surface area is 182 Å². The third-order valence-corrected chi connectivity index (χ3v) is 5.17. The van der Waals surface area contributed by atoms with Crippen LogP contribution in [0.4, 0.5) is 0 Å². The summed E-state index contributed by atoms with van der Waals surface area (Å²) in [7, 11) is 1.30. The minimum Gasteiger partial charge on any atom is -0.454 e. The molecule has 2 amide bonds. The number of rotatable bonds is 1. The molecule has 1 N–H and O–H groups in total. The van der Waals surface area contributed by atoms with E-state index in [9.17, 15) is 9.59 Å². The first-order valence-electron chi connectivity index (χ1n) is 14.2. The van der Waals surface area contributed by atoms with E-state index in [0.29, 0.717) is 0 Å². The van der Waals surface area contributed by atoms with E-state index in [1.54, 1.807) is 0 Å². The fourth-order valence-corrected chi connectivity index (χ4v) is 3.87. The number of para-hydroxylation sites is 1. The second-order valence-electron chi connectivity index (χ2n) is 6.84. The van der Waals surface area contributed by atoms with Gasteiger partial charge in [-0.3, -0.25) is 9.59 Å². The molecule has 1 unspecified atom stereocenters. The van der Waals surface area contributed by atoms with Crippen molar-refractivity contribution in [3.8, 4) is 11.5 Å². The van der Waals surface area contributed by atoms with Crippen molar-refractivity contribution in [2.24, 2.45) is 0 Å². The molecule has 3 aromatic rings. The molecule has 1 fully saturated rings. The molecule has 2 aromatic carbocycles. The van der Waals surface area contributed by atoms with Crippen molar-refractivity contribution in [3.63, 3.8) is 0 Å². The van der Waals surface area contributed by atoms with E-state index >= 15 is 0 Å². The average molecular weight is 400 g/mol. The Morgan fingerprint density at radius 1 is 1.17 bits per heavy atom. The Morgan fingerprint density at radius 3 is 2.90 bits per heavy atom. The van der Waals surface area contributed by atoms with E-state index in [1.807, 2.05) is 0 Å². The van der Waals surface area contributed by atoms with Crippen molar-refractivity contribution in [2.45, 2.75) is 18.5 Å². The number of carbonyl (C=O) groups is 2. The van der Waals surface area contributed by atoms with Crippen LogP contribution in [-0.4, -0.2) is 53.0 Å². The number of H-pyrrole nitrogens is 1. The van der Waals surface area contributed by atoms with Crippen molar-refractivity contribution >= 4 is 22.7 Å². The summed E-state index contributed by atoms with van der Waals surface area (Å²) in [5, 5.41) is -0.259. The van der Waals surface area contributed by atoms with Crippen LogP contribution in [-0.2, 0) is 16.0 Å². The molecular weight excluding hydrogens is 370 g/mol. The van der Waals surface area contributed by atoms with Gasteiger partial charge in [-0.05, 0) is 29.3 Å². The van der Waals surface area contributed by atoms with E-state index in [2.05, 4.69) is 4.98 Å². The minimum absolute atomic E-state index is 0.209. The van der Waals surface area contributed by atoms with Crippen LogP contribution in [0.25, 0.3) is 10.9 Å². The van der Waals surface area contributed by atoms with E-state index in [-0.39, 0.29) is 22.2 Å². The molecule has 1 aromatic heterocycles. The van der Waals surface area contributed by atoms with Gasteiger partial charge in [0.1, 0.15) is 8.78 Å². The van der Waals surface area contributed by atoms with Crippen molar-refractivity contribution in [1.82, 2.24) is 14.8 Å². The molecule has 7 nitrogen and oxygen atoms in total. The maximum absolute atomic E-state index is 13.5. The highest BCUT2D eigenvalue weighted by molar-refractivity contribution is 5.97. The molecule has 2 atom stereocenters. The van der Waals surface area contributed by atoms with Gasteiger partial charge in [-0.2, -0.15) is 0 Å². The molecule has 6 rings (SSSR count). The molecule has 3 aliphatic rings. The van der Waals surface area contributed by atoms with Crippen molar-refractivity contribution in [3.05, 3.63) is 59.1 Å². The first-order chi connectivity index (χ1) is 18.5. The van der Waals surface area contributed by atoms with Gasteiger partial charge in [0.15, 0.2) is 11.5 Å². The zero-order valence-electron chi connectivity index (χ0n) is 25.9. The first kappa shape index (κ1) is 8.90. The van der Waals surface area contributed by atoms with Crippen LogP contribution in [0.3, 0.4) is 0 Å². The number of likely N-dealkylation sites (N-methyl/N-ethyl adjacent to an activating group) is 1. The number of aromatic nitrogens is 1. The van der Waals surface area contributed by atoms with Crippen LogP contribution in [0.5, 0.6) is 11.5 Å². The summed E-state index contributed by atoms with van der Waals surface area (Å²) in [5.41, 5.74) is -1.17. The summed E-state index contributed by atoms with van der Waals surface area (Å²) >= 11 is 0. The molecular formula is C22H19N3O4. The Morgan fingerprint density at radius 2 is 2.00 bits per heavy atom. The molecule has 3 aliphatic heterocycles. The lowest BCUT2D eigenvalue weighted by Crippen LogP contribution is -2.62. The monoisotopic (exact) mass is 400 g/mol. The lowest BCUT2D eigenvalue weighted by Gasteiger charge is -2.46. The predicted octanol–water partition coefficient (Wildman–Crippen LogP) is 2.21. The van der Waals surface area contributed by atoms with Crippen LogP contribution >= 0.6 is 0 Å². The third kappa shape index (κ3) is 2.24. The Kier molecular flexibility index (Phi) is 1.77. The van der Waals surface area contributed by atoms with Crippen LogP contribution < -0.4 is 9.47 Å². The molecule has 0 radical (unpaired) electrons. The SMILES string of the molecule is [2H]c1c([2H])c(C2c3[nH]c4c([2H])c([2H])c([2H])c([2H])c4c3C([2H])([2H])[C@@H]3C(=O)N(C)CC(=O)N23)c([2H])c2c1OC([2H])([2H])O2. The summed E-state index contributed by atoms with van der Waals surface area (Å²) in [6.07, 6.45) is -2.70. The van der Waals surface area contributed by atoms with E-state index < -0.39 is 103 Å². The topological polar surface area (TPSA) is 74.9 Å². The Hall–Kier alpha value is -3.48. The van der Waals surface area contributed by atoms with Gasteiger partial charge in [0, 0.05) is 32.8 Å². The molecule has 0 aliphatic carbocycles. The van der Waals surface area contributed by atoms with Gasteiger partial charge in [-0.25, -0.2) is 0 Å². The fraction of sp³-hybridized carbons (Fsp3) is 0.273. The molecule has 4 heterocycles. The van der Waals surface area contributed by atoms with Crippen molar-refractivity contribution < 1.29 is 34.1 Å². The summed E-state index contributed by atoms with van der Waals surface area (Å²) in [4.78, 5) is 31.6. The highest BCUT2D eigenvalue weighted by atomic mass is 16.7. The maximum atomic E-state index is 13.5. The van der Waals surface area contributed by atoms with Crippen molar-refractivity contribution in [2.75, 3.05) is 20.3 Å². The van der Waals surface area contributed by atoms with Gasteiger partial charge >= 0.3 is 0 Å². The number of hydrogen-bond donors (Lipinski definition) is 1. The molecule has 7 heteroatoms. The average Bonchev–Trinajstić information content (AvgIpc) is 3.43. The Bertz CT molecular complexity index is 1710. The van der Waals surface area contributed by atoms with E-state index in [4.69, 9.17) is 24.6 Å². The predicted molar refractivity (Wildman–Crippen MR) is 105 cm³/mol. The van der Waals surface area contributed by atoms with Gasteiger partial charge < -0.3 is 24.3 Å². The lowest BCUT2D eigenvalue weighted by molar-refractivity contribution is -0.157. The normalized spacial score (nSPS) is 31.7. The van der Waals surface area contributed by atoms with Crippen LogP contribution in [0.2, 0.25) is 0 Å². The van der Waals surface area contributed by atoms with Crippen LogP contribution in [0, 0.1) is 0 Å². The number of benzene rings is 2. The molecule has 0 spiro atoms. The third-order valence-electron chi connectivity index (χ3n) is 5.17.